The molecule has 4 heteroatoms. The Morgan fingerprint density at radius 2 is 1.08 bits per heavy atom. The predicted octanol–water partition coefficient (Wildman–Crippen LogP) is 4.20. The standard InChI is InChI=1S/C21H18N2O2/c22-13-11-18(20(24)16-7-3-1-4-8-16)15-19(12-14-23)21(25)17-9-5-2-6-10-17/h1-10,18-19H,11-12,15H2/t18-,19-/m1/s1. The zero-order valence-corrected chi connectivity index (χ0v) is 13.8. The highest BCUT2D eigenvalue weighted by Gasteiger charge is 2.28. The highest BCUT2D eigenvalue weighted by molar-refractivity contribution is 6.00. The van der Waals surface area contributed by atoms with Gasteiger partial charge in [-0.3, -0.25) is 9.59 Å². The van der Waals surface area contributed by atoms with Gasteiger partial charge >= 0.3 is 0 Å². The van der Waals surface area contributed by atoms with Crippen LogP contribution in [0.15, 0.2) is 60.7 Å². The van der Waals surface area contributed by atoms with Crippen molar-refractivity contribution in [2.24, 2.45) is 11.8 Å². The molecule has 25 heavy (non-hydrogen) atoms. The maximum Gasteiger partial charge on any atom is 0.166 e. The van der Waals surface area contributed by atoms with E-state index in [1.807, 2.05) is 24.3 Å². The van der Waals surface area contributed by atoms with Gasteiger partial charge in [0, 0.05) is 35.8 Å². The van der Waals surface area contributed by atoms with Crippen LogP contribution in [0.4, 0.5) is 0 Å². The van der Waals surface area contributed by atoms with E-state index in [0.29, 0.717) is 11.1 Å². The molecule has 2 atom stereocenters. The van der Waals surface area contributed by atoms with Crippen molar-refractivity contribution < 1.29 is 9.59 Å². The van der Waals surface area contributed by atoms with Gasteiger partial charge in [0.15, 0.2) is 11.6 Å². The van der Waals surface area contributed by atoms with Crippen molar-refractivity contribution in [1.29, 1.82) is 10.5 Å². The van der Waals surface area contributed by atoms with Crippen molar-refractivity contribution in [2.45, 2.75) is 19.3 Å². The summed E-state index contributed by atoms with van der Waals surface area (Å²) in [4.78, 5) is 25.4. The number of hydrogen-bond acceptors (Lipinski definition) is 4. The molecule has 0 radical (unpaired) electrons. The SMILES string of the molecule is N#CC[C@H](C[C@@H](CC#N)C(=O)c1ccccc1)C(=O)c1ccccc1. The number of ketones is 2. The normalized spacial score (nSPS) is 12.4. The van der Waals surface area contributed by atoms with Gasteiger partial charge in [0.1, 0.15) is 0 Å². The van der Waals surface area contributed by atoms with Crippen LogP contribution in [0.25, 0.3) is 0 Å². The second-order valence-electron chi connectivity index (χ2n) is 5.81. The summed E-state index contributed by atoms with van der Waals surface area (Å²) in [5, 5.41) is 18.2. The Bertz CT molecular complexity index is 732. The number of carbonyl (C=O) groups excluding carboxylic acids is 2. The third kappa shape index (κ3) is 4.86. The van der Waals surface area contributed by atoms with E-state index in [1.165, 1.54) is 0 Å². The Labute approximate surface area is 147 Å². The van der Waals surface area contributed by atoms with Gasteiger partial charge in [-0.25, -0.2) is 0 Å². The monoisotopic (exact) mass is 330 g/mol. The molecule has 0 aliphatic rings. The largest absolute Gasteiger partial charge is 0.294 e. The topological polar surface area (TPSA) is 81.7 Å². The van der Waals surface area contributed by atoms with E-state index in [4.69, 9.17) is 10.5 Å². The van der Waals surface area contributed by atoms with E-state index >= 15 is 0 Å². The molecular formula is C21H18N2O2. The Balaban J connectivity index is 2.22. The lowest BCUT2D eigenvalue weighted by Crippen LogP contribution is -2.23. The van der Waals surface area contributed by atoms with Crippen molar-refractivity contribution in [3.8, 4) is 12.1 Å². The first kappa shape index (κ1) is 18.1. The smallest absolute Gasteiger partial charge is 0.166 e. The van der Waals surface area contributed by atoms with Crippen LogP contribution >= 0.6 is 0 Å². The lowest BCUT2D eigenvalue weighted by atomic mass is 9.82. The van der Waals surface area contributed by atoms with E-state index in [-0.39, 0.29) is 30.8 Å². The third-order valence-corrected chi connectivity index (χ3v) is 4.10. The molecule has 4 nitrogen and oxygen atoms in total. The summed E-state index contributed by atoms with van der Waals surface area (Å²) in [7, 11) is 0. The molecule has 2 rings (SSSR count). The Morgan fingerprint density at radius 3 is 1.40 bits per heavy atom. The molecule has 0 fully saturated rings. The first-order valence-corrected chi connectivity index (χ1v) is 8.09. The van der Waals surface area contributed by atoms with Crippen LogP contribution in [0.2, 0.25) is 0 Å². The number of carbonyl (C=O) groups is 2. The fourth-order valence-electron chi connectivity index (χ4n) is 2.81. The van der Waals surface area contributed by atoms with Crippen LogP contribution in [-0.2, 0) is 0 Å². The van der Waals surface area contributed by atoms with E-state index in [0.717, 1.165) is 0 Å². The van der Waals surface area contributed by atoms with Gasteiger partial charge < -0.3 is 0 Å². The summed E-state index contributed by atoms with van der Waals surface area (Å²) in [5.41, 5.74) is 1.04. The Morgan fingerprint density at radius 1 is 0.720 bits per heavy atom. The molecule has 0 N–H and O–H groups in total. The molecule has 0 aromatic heterocycles. The van der Waals surface area contributed by atoms with Crippen LogP contribution in [0.3, 0.4) is 0 Å². The van der Waals surface area contributed by atoms with Gasteiger partial charge in [0.05, 0.1) is 12.1 Å². The second kappa shape index (κ2) is 9.15. The van der Waals surface area contributed by atoms with Gasteiger partial charge in [-0.1, -0.05) is 60.7 Å². The maximum atomic E-state index is 12.7. The van der Waals surface area contributed by atoms with Crippen LogP contribution < -0.4 is 0 Å². The van der Waals surface area contributed by atoms with Crippen molar-refractivity contribution in [1.82, 2.24) is 0 Å². The van der Waals surface area contributed by atoms with Gasteiger partial charge in [0.25, 0.3) is 0 Å². The summed E-state index contributed by atoms with van der Waals surface area (Å²) in [6, 6.07) is 21.5. The van der Waals surface area contributed by atoms with E-state index in [9.17, 15) is 9.59 Å². The van der Waals surface area contributed by atoms with Gasteiger partial charge in [0.2, 0.25) is 0 Å². The zero-order chi connectivity index (χ0) is 18.1. The number of rotatable bonds is 8. The fourth-order valence-corrected chi connectivity index (χ4v) is 2.81. The molecular weight excluding hydrogens is 312 g/mol. The van der Waals surface area contributed by atoms with Gasteiger partial charge in [-0.05, 0) is 6.42 Å². The second-order valence-corrected chi connectivity index (χ2v) is 5.81. The Hall–Kier alpha value is -3.24. The van der Waals surface area contributed by atoms with Crippen LogP contribution in [0.1, 0.15) is 40.0 Å². The number of hydrogen-bond donors (Lipinski definition) is 0. The van der Waals surface area contributed by atoms with Crippen LogP contribution in [0.5, 0.6) is 0 Å². The summed E-state index contributed by atoms with van der Waals surface area (Å²) >= 11 is 0. The highest BCUT2D eigenvalue weighted by Crippen LogP contribution is 2.25. The molecule has 2 aromatic rings. The minimum atomic E-state index is -0.599. The molecule has 0 saturated heterocycles. The Kier molecular flexibility index (Phi) is 6.63. The minimum Gasteiger partial charge on any atom is -0.294 e. The molecule has 0 spiro atoms. The molecule has 0 bridgehead atoms. The van der Waals surface area contributed by atoms with Crippen molar-refractivity contribution in [3.05, 3.63) is 71.8 Å². The molecule has 0 aliphatic heterocycles. The molecule has 0 heterocycles. The number of benzene rings is 2. The number of nitriles is 2. The average molecular weight is 330 g/mol. The van der Waals surface area contributed by atoms with E-state index in [1.54, 1.807) is 48.5 Å². The van der Waals surface area contributed by atoms with Gasteiger partial charge in [-0.2, -0.15) is 10.5 Å². The molecule has 124 valence electrons. The average Bonchev–Trinajstić information content (AvgIpc) is 2.67. The maximum absolute atomic E-state index is 12.7. The predicted molar refractivity (Wildman–Crippen MR) is 93.6 cm³/mol. The zero-order valence-electron chi connectivity index (χ0n) is 13.8. The molecule has 0 saturated carbocycles. The highest BCUT2D eigenvalue weighted by atomic mass is 16.1. The summed E-state index contributed by atoms with van der Waals surface area (Å²) in [5.74, 6) is -1.52. The first-order chi connectivity index (χ1) is 12.2. The molecule has 0 amide bonds. The van der Waals surface area contributed by atoms with Crippen LogP contribution in [0, 0.1) is 34.5 Å². The quantitative estimate of drug-likeness (QED) is 0.679. The number of Topliss-reactive ketones (excluding diaryl/α,β-unsaturated/α-hetero) is 2. The molecule has 2 aromatic carbocycles. The van der Waals surface area contributed by atoms with E-state index in [2.05, 4.69) is 0 Å². The van der Waals surface area contributed by atoms with Crippen molar-refractivity contribution >= 4 is 11.6 Å². The van der Waals surface area contributed by atoms with Crippen molar-refractivity contribution in [3.63, 3.8) is 0 Å². The summed E-state index contributed by atoms with van der Waals surface area (Å²) < 4.78 is 0. The summed E-state index contributed by atoms with van der Waals surface area (Å²) in [6.45, 7) is 0. The number of nitrogens with zero attached hydrogens (tertiary/aromatic N) is 2. The van der Waals surface area contributed by atoms with E-state index < -0.39 is 11.8 Å². The van der Waals surface area contributed by atoms with Crippen LogP contribution in [-0.4, -0.2) is 11.6 Å². The fraction of sp³-hybridized carbons (Fsp3) is 0.238. The van der Waals surface area contributed by atoms with Gasteiger partial charge in [-0.15, -0.1) is 0 Å². The first-order valence-electron chi connectivity index (χ1n) is 8.09. The lowest BCUT2D eigenvalue weighted by Gasteiger charge is -2.19. The summed E-state index contributed by atoms with van der Waals surface area (Å²) in [6.07, 6.45) is 0.248. The minimum absolute atomic E-state index is 0.0255. The lowest BCUT2D eigenvalue weighted by molar-refractivity contribution is 0.0851. The molecule has 0 aliphatic carbocycles. The molecule has 0 unspecified atom stereocenters. The van der Waals surface area contributed by atoms with Crippen molar-refractivity contribution in [2.75, 3.05) is 0 Å². The third-order valence-electron chi connectivity index (χ3n) is 4.10.